The summed E-state index contributed by atoms with van der Waals surface area (Å²) in [5.74, 6) is -0.254. The van der Waals surface area contributed by atoms with Crippen LogP contribution in [0.2, 0.25) is 0 Å². The molecule has 2 aromatic heterocycles. The molecule has 0 unspecified atom stereocenters. The van der Waals surface area contributed by atoms with Crippen LogP contribution >= 0.6 is 0 Å². The maximum Gasteiger partial charge on any atom is 0.273 e. The Bertz CT molecular complexity index is 1180. The van der Waals surface area contributed by atoms with Crippen molar-refractivity contribution in [2.75, 3.05) is 0 Å². The molecule has 35 heavy (non-hydrogen) atoms. The van der Waals surface area contributed by atoms with Gasteiger partial charge in [-0.1, -0.05) is 44.2 Å². The molecule has 184 valence electrons. The third-order valence-electron chi connectivity index (χ3n) is 7.25. The molecule has 5 rings (SSSR count). The average Bonchev–Trinajstić information content (AvgIpc) is 3.49. The van der Waals surface area contributed by atoms with Gasteiger partial charge < -0.3 is 14.6 Å². The van der Waals surface area contributed by atoms with E-state index in [0.717, 1.165) is 31.2 Å². The van der Waals surface area contributed by atoms with Gasteiger partial charge in [0.05, 0.1) is 12.8 Å². The lowest BCUT2D eigenvalue weighted by Crippen LogP contribution is -2.64. The van der Waals surface area contributed by atoms with E-state index in [1.807, 2.05) is 0 Å². The van der Waals surface area contributed by atoms with E-state index < -0.39 is 5.54 Å². The van der Waals surface area contributed by atoms with E-state index in [0.29, 0.717) is 17.1 Å². The zero-order valence-electron chi connectivity index (χ0n) is 20.0. The molecule has 2 aliphatic rings. The van der Waals surface area contributed by atoms with Gasteiger partial charge in [0.2, 0.25) is 5.91 Å². The number of hydrogen-bond acceptors (Lipinski definition) is 4. The van der Waals surface area contributed by atoms with Gasteiger partial charge in [-0.3, -0.25) is 14.3 Å². The van der Waals surface area contributed by atoms with Gasteiger partial charge in [-0.2, -0.15) is 5.10 Å². The summed E-state index contributed by atoms with van der Waals surface area (Å²) >= 11 is 0. The van der Waals surface area contributed by atoms with Crippen LogP contribution in [0.15, 0.2) is 53.1 Å². The molecule has 1 saturated carbocycles. The molecule has 0 bridgehead atoms. The molecule has 3 heterocycles. The summed E-state index contributed by atoms with van der Waals surface area (Å²) in [6.07, 6.45) is 9.26. The number of nitrogens with one attached hydrogen (secondary N) is 1. The molecule has 0 saturated heterocycles. The molecule has 1 aliphatic heterocycles. The molecule has 2 amide bonds. The second-order valence-corrected chi connectivity index (χ2v) is 9.86. The van der Waals surface area contributed by atoms with Gasteiger partial charge in [-0.15, -0.1) is 0 Å². The van der Waals surface area contributed by atoms with Crippen LogP contribution in [0.5, 0.6) is 0 Å². The van der Waals surface area contributed by atoms with Crippen molar-refractivity contribution >= 4 is 11.8 Å². The second-order valence-electron chi connectivity index (χ2n) is 9.86. The van der Waals surface area contributed by atoms with Crippen LogP contribution in [-0.4, -0.2) is 38.1 Å². The Balaban J connectivity index is 1.47. The first kappa shape index (κ1) is 23.3. The number of nitrogens with zero attached hydrogens (tertiary/aromatic N) is 3. The minimum atomic E-state index is -1.16. The van der Waals surface area contributed by atoms with E-state index >= 15 is 0 Å². The van der Waals surface area contributed by atoms with E-state index in [9.17, 15) is 14.0 Å². The highest BCUT2D eigenvalue weighted by Crippen LogP contribution is 2.32. The van der Waals surface area contributed by atoms with Crippen molar-refractivity contribution in [1.29, 1.82) is 0 Å². The summed E-state index contributed by atoms with van der Waals surface area (Å²) in [5.41, 5.74) is 0.538. The number of aromatic nitrogens is 2. The van der Waals surface area contributed by atoms with Gasteiger partial charge in [0, 0.05) is 18.7 Å². The lowest BCUT2D eigenvalue weighted by atomic mass is 9.92. The van der Waals surface area contributed by atoms with E-state index in [1.54, 1.807) is 53.1 Å². The molecule has 3 aromatic rings. The predicted octanol–water partition coefficient (Wildman–Crippen LogP) is 4.93. The molecule has 1 aliphatic carbocycles. The van der Waals surface area contributed by atoms with Gasteiger partial charge in [0.1, 0.15) is 22.7 Å². The van der Waals surface area contributed by atoms with Crippen LogP contribution in [0.4, 0.5) is 4.39 Å². The van der Waals surface area contributed by atoms with Gasteiger partial charge in [0.15, 0.2) is 5.76 Å². The molecular weight excluding hydrogens is 447 g/mol. The van der Waals surface area contributed by atoms with Crippen LogP contribution in [0.25, 0.3) is 11.5 Å². The minimum Gasteiger partial charge on any atom is -0.463 e. The van der Waals surface area contributed by atoms with Crippen molar-refractivity contribution in [2.45, 2.75) is 76.5 Å². The van der Waals surface area contributed by atoms with Crippen molar-refractivity contribution in [1.82, 2.24) is 20.0 Å². The summed E-state index contributed by atoms with van der Waals surface area (Å²) in [6.45, 7) is 2.20. The van der Waals surface area contributed by atoms with Crippen LogP contribution < -0.4 is 5.32 Å². The number of rotatable bonds is 5. The highest BCUT2D eigenvalue weighted by Gasteiger charge is 2.48. The fraction of sp³-hybridized carbons (Fsp3) is 0.444. The van der Waals surface area contributed by atoms with E-state index in [1.165, 1.54) is 31.4 Å². The summed E-state index contributed by atoms with van der Waals surface area (Å²) < 4.78 is 20.6. The standard InChI is InChI=1S/C27H31FN4O3/c1-27(26(34)29-21-8-5-3-2-4-6-9-21)18-32-23(16-22(30-32)24-10-7-15-35-24)25(33)31(27)17-19-11-13-20(28)14-12-19/h7,10-16,21H,2-6,8-9,17-18H2,1H3,(H,29,34)/t27-/m1/s1. The average molecular weight is 479 g/mol. The van der Waals surface area contributed by atoms with Crippen molar-refractivity contribution in [3.8, 4) is 11.5 Å². The van der Waals surface area contributed by atoms with Crippen LogP contribution in [-0.2, 0) is 17.9 Å². The summed E-state index contributed by atoms with van der Waals surface area (Å²) in [7, 11) is 0. The Morgan fingerprint density at radius 1 is 1.14 bits per heavy atom. The molecule has 1 atom stereocenters. The fourth-order valence-electron chi connectivity index (χ4n) is 5.15. The Kier molecular flexibility index (Phi) is 6.45. The van der Waals surface area contributed by atoms with E-state index in [4.69, 9.17) is 4.42 Å². The lowest BCUT2D eigenvalue weighted by Gasteiger charge is -2.44. The normalized spacial score (nSPS) is 21.3. The number of benzene rings is 1. The van der Waals surface area contributed by atoms with E-state index in [-0.39, 0.29) is 36.8 Å². The first-order valence-electron chi connectivity index (χ1n) is 12.4. The number of furan rings is 1. The quantitative estimate of drug-likeness (QED) is 0.564. The summed E-state index contributed by atoms with van der Waals surface area (Å²) in [6, 6.07) is 11.4. The number of amides is 2. The summed E-state index contributed by atoms with van der Waals surface area (Å²) in [5, 5.41) is 7.85. The van der Waals surface area contributed by atoms with Crippen LogP contribution in [0.3, 0.4) is 0 Å². The van der Waals surface area contributed by atoms with Gasteiger partial charge in [-0.25, -0.2) is 4.39 Å². The number of fused-ring (bicyclic) bond motifs is 1. The third-order valence-corrected chi connectivity index (χ3v) is 7.25. The van der Waals surface area contributed by atoms with Gasteiger partial charge in [0.25, 0.3) is 5.91 Å². The molecule has 8 heteroatoms. The lowest BCUT2D eigenvalue weighted by molar-refractivity contribution is -0.134. The number of carbonyl (C=O) groups is 2. The highest BCUT2D eigenvalue weighted by atomic mass is 19.1. The first-order valence-corrected chi connectivity index (χ1v) is 12.4. The third kappa shape index (κ3) is 4.74. The number of carbonyl (C=O) groups excluding carboxylic acids is 2. The first-order chi connectivity index (χ1) is 16.9. The Hall–Kier alpha value is -3.42. The number of hydrogen-bond donors (Lipinski definition) is 1. The number of halogens is 1. The van der Waals surface area contributed by atoms with Crippen LogP contribution in [0, 0.1) is 5.82 Å². The van der Waals surface area contributed by atoms with Crippen molar-refractivity contribution in [3.05, 3.63) is 65.8 Å². The van der Waals surface area contributed by atoms with Crippen molar-refractivity contribution in [3.63, 3.8) is 0 Å². The molecular formula is C27H31FN4O3. The molecule has 7 nitrogen and oxygen atoms in total. The molecule has 1 fully saturated rings. The Morgan fingerprint density at radius 3 is 2.54 bits per heavy atom. The predicted molar refractivity (Wildman–Crippen MR) is 129 cm³/mol. The van der Waals surface area contributed by atoms with Gasteiger partial charge >= 0.3 is 0 Å². The maximum absolute atomic E-state index is 13.8. The van der Waals surface area contributed by atoms with Gasteiger partial charge in [-0.05, 0) is 49.6 Å². The highest BCUT2D eigenvalue weighted by molar-refractivity contribution is 6.00. The van der Waals surface area contributed by atoms with Crippen LogP contribution in [0.1, 0.15) is 67.9 Å². The second kappa shape index (κ2) is 9.68. The minimum absolute atomic E-state index is 0.0973. The SMILES string of the molecule is C[C@]1(C(=O)NC2CCCCCCC2)Cn2nc(-c3ccco3)cc2C(=O)N1Cc1ccc(F)cc1. The Morgan fingerprint density at radius 2 is 1.86 bits per heavy atom. The van der Waals surface area contributed by atoms with Crippen molar-refractivity contribution < 1.29 is 18.4 Å². The monoisotopic (exact) mass is 478 g/mol. The smallest absolute Gasteiger partial charge is 0.273 e. The molecule has 0 radical (unpaired) electrons. The zero-order valence-corrected chi connectivity index (χ0v) is 20.0. The topological polar surface area (TPSA) is 80.4 Å². The van der Waals surface area contributed by atoms with E-state index in [2.05, 4.69) is 10.4 Å². The zero-order chi connectivity index (χ0) is 24.4. The largest absolute Gasteiger partial charge is 0.463 e. The summed E-state index contributed by atoms with van der Waals surface area (Å²) in [4.78, 5) is 29.2. The maximum atomic E-state index is 13.8. The van der Waals surface area contributed by atoms with Crippen molar-refractivity contribution in [2.24, 2.45) is 0 Å². The fourth-order valence-corrected chi connectivity index (χ4v) is 5.15. The molecule has 1 aromatic carbocycles. The molecule has 0 spiro atoms. The molecule has 1 N–H and O–H groups in total. The Labute approximate surface area is 204 Å².